The van der Waals surface area contributed by atoms with Gasteiger partial charge in [0, 0.05) is 12.7 Å². The van der Waals surface area contributed by atoms with E-state index in [1.807, 2.05) is 13.8 Å². The van der Waals surface area contributed by atoms with Crippen LogP contribution in [0, 0.1) is 5.82 Å². The number of nitrogens with zero attached hydrogens (tertiary/aromatic N) is 2. The SMILES string of the molecule is CCCNC(=O)c1c(CC)nc2ccc(F)cn12. The predicted octanol–water partition coefficient (Wildman–Crippen LogP) is 2.18. The van der Waals surface area contributed by atoms with Crippen LogP contribution in [-0.4, -0.2) is 21.8 Å². The average molecular weight is 249 g/mol. The highest BCUT2D eigenvalue weighted by atomic mass is 19.1. The third-order valence-electron chi connectivity index (χ3n) is 2.74. The number of hydrogen-bond acceptors (Lipinski definition) is 2. The van der Waals surface area contributed by atoms with Gasteiger partial charge in [0.1, 0.15) is 17.2 Å². The van der Waals surface area contributed by atoms with E-state index in [0.717, 1.165) is 6.42 Å². The number of amides is 1. The molecule has 2 aromatic heterocycles. The van der Waals surface area contributed by atoms with Gasteiger partial charge in [0.05, 0.1) is 5.69 Å². The standard InChI is InChI=1S/C13H16FN3O/c1-3-7-15-13(18)12-10(4-2)16-11-6-5-9(14)8-17(11)12/h5-6,8H,3-4,7H2,1-2H3,(H,15,18). The van der Waals surface area contributed by atoms with Crippen LogP contribution in [0.4, 0.5) is 4.39 Å². The van der Waals surface area contributed by atoms with Gasteiger partial charge in [-0.25, -0.2) is 9.37 Å². The first kappa shape index (κ1) is 12.5. The summed E-state index contributed by atoms with van der Waals surface area (Å²) in [4.78, 5) is 16.4. The summed E-state index contributed by atoms with van der Waals surface area (Å²) in [6.45, 7) is 4.51. The van der Waals surface area contributed by atoms with E-state index in [-0.39, 0.29) is 11.7 Å². The summed E-state index contributed by atoms with van der Waals surface area (Å²) in [6.07, 6.45) is 2.79. The Morgan fingerprint density at radius 2 is 2.22 bits per heavy atom. The molecule has 96 valence electrons. The molecule has 1 amide bonds. The van der Waals surface area contributed by atoms with Gasteiger partial charge in [-0.15, -0.1) is 0 Å². The van der Waals surface area contributed by atoms with Crippen molar-refractivity contribution < 1.29 is 9.18 Å². The molecule has 0 saturated carbocycles. The van der Waals surface area contributed by atoms with Crippen molar-refractivity contribution in [2.75, 3.05) is 6.54 Å². The molecule has 0 saturated heterocycles. The molecule has 0 aliphatic rings. The fraction of sp³-hybridized carbons (Fsp3) is 0.385. The summed E-state index contributed by atoms with van der Waals surface area (Å²) in [5.74, 6) is -0.584. The van der Waals surface area contributed by atoms with Crippen LogP contribution >= 0.6 is 0 Å². The Kier molecular flexibility index (Phi) is 3.60. The monoisotopic (exact) mass is 249 g/mol. The predicted molar refractivity (Wildman–Crippen MR) is 67.2 cm³/mol. The molecule has 0 aromatic carbocycles. The van der Waals surface area contributed by atoms with E-state index in [1.54, 1.807) is 6.07 Å². The zero-order valence-electron chi connectivity index (χ0n) is 10.5. The zero-order chi connectivity index (χ0) is 13.1. The molecule has 0 fully saturated rings. The van der Waals surface area contributed by atoms with Crippen molar-refractivity contribution in [3.8, 4) is 0 Å². The van der Waals surface area contributed by atoms with Crippen molar-refractivity contribution in [2.45, 2.75) is 26.7 Å². The van der Waals surface area contributed by atoms with Crippen molar-refractivity contribution >= 4 is 11.6 Å². The maximum Gasteiger partial charge on any atom is 0.270 e. The Morgan fingerprint density at radius 1 is 1.44 bits per heavy atom. The van der Waals surface area contributed by atoms with Crippen LogP contribution in [0.2, 0.25) is 0 Å². The number of imidazole rings is 1. The highest BCUT2D eigenvalue weighted by molar-refractivity contribution is 5.94. The van der Waals surface area contributed by atoms with Gasteiger partial charge in [0.2, 0.25) is 0 Å². The van der Waals surface area contributed by atoms with Gasteiger partial charge < -0.3 is 5.32 Å². The van der Waals surface area contributed by atoms with Crippen LogP contribution in [0.1, 0.15) is 36.5 Å². The molecule has 4 nitrogen and oxygen atoms in total. The number of halogens is 1. The Bertz CT molecular complexity index is 577. The second-order valence-electron chi connectivity index (χ2n) is 4.09. The first-order chi connectivity index (χ1) is 8.67. The largest absolute Gasteiger partial charge is 0.351 e. The number of nitrogens with one attached hydrogen (secondary N) is 1. The minimum Gasteiger partial charge on any atom is -0.351 e. The number of carbonyl (C=O) groups excluding carboxylic acids is 1. The average Bonchev–Trinajstić information content (AvgIpc) is 2.73. The van der Waals surface area contributed by atoms with E-state index in [0.29, 0.717) is 30.0 Å². The van der Waals surface area contributed by atoms with Crippen LogP contribution in [0.5, 0.6) is 0 Å². The zero-order valence-corrected chi connectivity index (χ0v) is 10.5. The van der Waals surface area contributed by atoms with Gasteiger partial charge in [-0.05, 0) is 25.0 Å². The number of aromatic nitrogens is 2. The summed E-state index contributed by atoms with van der Waals surface area (Å²) in [7, 11) is 0. The molecular formula is C13H16FN3O. The highest BCUT2D eigenvalue weighted by Gasteiger charge is 2.17. The molecule has 1 N–H and O–H groups in total. The second-order valence-corrected chi connectivity index (χ2v) is 4.09. The lowest BCUT2D eigenvalue weighted by atomic mass is 10.2. The van der Waals surface area contributed by atoms with E-state index in [4.69, 9.17) is 0 Å². The normalized spacial score (nSPS) is 10.8. The van der Waals surface area contributed by atoms with Crippen molar-refractivity contribution in [2.24, 2.45) is 0 Å². The van der Waals surface area contributed by atoms with E-state index < -0.39 is 0 Å². The number of carbonyl (C=O) groups is 1. The highest BCUT2D eigenvalue weighted by Crippen LogP contribution is 2.14. The number of aryl methyl sites for hydroxylation is 1. The molecule has 0 atom stereocenters. The second kappa shape index (κ2) is 5.16. The van der Waals surface area contributed by atoms with Crippen LogP contribution in [0.25, 0.3) is 5.65 Å². The first-order valence-electron chi connectivity index (χ1n) is 6.12. The fourth-order valence-electron chi connectivity index (χ4n) is 1.88. The van der Waals surface area contributed by atoms with Crippen LogP contribution in [0.15, 0.2) is 18.3 Å². The third-order valence-corrected chi connectivity index (χ3v) is 2.74. The van der Waals surface area contributed by atoms with Crippen molar-refractivity contribution in [1.82, 2.24) is 14.7 Å². The Labute approximate surface area is 105 Å². The lowest BCUT2D eigenvalue weighted by Crippen LogP contribution is -2.26. The molecule has 0 spiro atoms. The summed E-state index contributed by atoms with van der Waals surface area (Å²) in [5, 5.41) is 2.80. The first-order valence-corrected chi connectivity index (χ1v) is 6.12. The van der Waals surface area contributed by atoms with Crippen LogP contribution < -0.4 is 5.32 Å². The van der Waals surface area contributed by atoms with E-state index in [9.17, 15) is 9.18 Å². The van der Waals surface area contributed by atoms with Crippen molar-refractivity contribution in [3.05, 3.63) is 35.5 Å². The van der Waals surface area contributed by atoms with Gasteiger partial charge in [0.25, 0.3) is 5.91 Å². The fourth-order valence-corrected chi connectivity index (χ4v) is 1.88. The number of pyridine rings is 1. The molecule has 0 bridgehead atoms. The third kappa shape index (κ3) is 2.20. The Balaban J connectivity index is 2.51. The molecule has 2 aromatic rings. The van der Waals surface area contributed by atoms with Crippen LogP contribution in [0.3, 0.4) is 0 Å². The molecule has 2 heterocycles. The lowest BCUT2D eigenvalue weighted by molar-refractivity contribution is 0.0947. The number of fused-ring (bicyclic) bond motifs is 1. The van der Waals surface area contributed by atoms with Crippen molar-refractivity contribution in [1.29, 1.82) is 0 Å². The van der Waals surface area contributed by atoms with E-state index in [1.165, 1.54) is 16.7 Å². The molecule has 0 aliphatic heterocycles. The van der Waals surface area contributed by atoms with Crippen molar-refractivity contribution in [3.63, 3.8) is 0 Å². The summed E-state index contributed by atoms with van der Waals surface area (Å²) in [5.41, 5.74) is 1.71. The lowest BCUT2D eigenvalue weighted by Gasteiger charge is -2.05. The minimum absolute atomic E-state index is 0.202. The molecule has 2 rings (SSSR count). The Hall–Kier alpha value is -1.91. The maximum atomic E-state index is 13.3. The quantitative estimate of drug-likeness (QED) is 0.902. The van der Waals surface area contributed by atoms with Gasteiger partial charge in [-0.3, -0.25) is 9.20 Å². The molecule has 0 aliphatic carbocycles. The van der Waals surface area contributed by atoms with Gasteiger partial charge in [-0.2, -0.15) is 0 Å². The summed E-state index contributed by atoms with van der Waals surface area (Å²) < 4.78 is 14.8. The van der Waals surface area contributed by atoms with E-state index >= 15 is 0 Å². The molecule has 0 unspecified atom stereocenters. The van der Waals surface area contributed by atoms with Gasteiger partial charge >= 0.3 is 0 Å². The summed E-state index contributed by atoms with van der Waals surface area (Å²) in [6, 6.07) is 2.92. The Morgan fingerprint density at radius 3 is 2.89 bits per heavy atom. The van der Waals surface area contributed by atoms with Gasteiger partial charge in [0.15, 0.2) is 0 Å². The maximum absolute atomic E-state index is 13.3. The van der Waals surface area contributed by atoms with Crippen LogP contribution in [-0.2, 0) is 6.42 Å². The number of rotatable bonds is 4. The van der Waals surface area contributed by atoms with Gasteiger partial charge in [-0.1, -0.05) is 13.8 Å². The number of hydrogen-bond donors (Lipinski definition) is 1. The summed E-state index contributed by atoms with van der Waals surface area (Å²) >= 11 is 0. The topological polar surface area (TPSA) is 46.4 Å². The smallest absolute Gasteiger partial charge is 0.270 e. The van der Waals surface area contributed by atoms with E-state index in [2.05, 4.69) is 10.3 Å². The molecule has 18 heavy (non-hydrogen) atoms. The molecule has 0 radical (unpaired) electrons. The molecule has 5 heteroatoms. The molecular weight excluding hydrogens is 233 g/mol. The minimum atomic E-state index is -0.382.